The molecule has 0 spiro atoms. The van der Waals surface area contributed by atoms with E-state index in [1.165, 1.54) is 0 Å². The molecule has 0 atom stereocenters. The van der Waals surface area contributed by atoms with Crippen molar-refractivity contribution in [2.75, 3.05) is 25.5 Å². The van der Waals surface area contributed by atoms with Gasteiger partial charge in [0.2, 0.25) is 0 Å². The molecule has 2 amide bonds. The molecule has 0 saturated heterocycles. The van der Waals surface area contributed by atoms with Crippen molar-refractivity contribution < 1.29 is 9.53 Å². The van der Waals surface area contributed by atoms with Crippen LogP contribution in [0, 0.1) is 0 Å². The monoisotopic (exact) mass is 304 g/mol. The molecule has 1 N–H and O–H groups in total. The molecule has 5 heteroatoms. The highest BCUT2D eigenvalue weighted by Gasteiger charge is 2.08. The van der Waals surface area contributed by atoms with Gasteiger partial charge in [0.05, 0.1) is 6.54 Å². The summed E-state index contributed by atoms with van der Waals surface area (Å²) < 4.78 is 5.55. The van der Waals surface area contributed by atoms with Crippen LogP contribution < -0.4 is 10.1 Å². The Hall–Kier alpha value is -2.20. The van der Waals surface area contributed by atoms with Crippen LogP contribution in [0.15, 0.2) is 54.6 Å². The van der Waals surface area contributed by atoms with E-state index in [-0.39, 0.29) is 6.03 Å². The summed E-state index contributed by atoms with van der Waals surface area (Å²) in [5.41, 5.74) is 0.709. The molecule has 110 valence electrons. The van der Waals surface area contributed by atoms with E-state index in [0.29, 0.717) is 23.9 Å². The third-order valence-corrected chi connectivity index (χ3v) is 3.13. The molecule has 0 radical (unpaired) electrons. The predicted molar refractivity (Wildman–Crippen MR) is 85.0 cm³/mol. The first-order valence-corrected chi connectivity index (χ1v) is 6.98. The fourth-order valence-corrected chi connectivity index (χ4v) is 1.80. The first kappa shape index (κ1) is 15.2. The van der Waals surface area contributed by atoms with E-state index < -0.39 is 0 Å². The third-order valence-electron chi connectivity index (χ3n) is 2.88. The maximum absolute atomic E-state index is 12.0. The summed E-state index contributed by atoms with van der Waals surface area (Å²) in [5.74, 6) is 0.795. The molecule has 2 aromatic rings. The number of rotatable bonds is 5. The molecule has 4 nitrogen and oxygen atoms in total. The second-order valence-corrected chi connectivity index (χ2v) is 4.96. The number of urea groups is 1. The molecule has 0 heterocycles. The molecule has 0 aliphatic rings. The Kier molecular flexibility index (Phi) is 5.46. The minimum Gasteiger partial charge on any atom is -0.492 e. The van der Waals surface area contributed by atoms with Crippen LogP contribution >= 0.6 is 11.6 Å². The van der Waals surface area contributed by atoms with Gasteiger partial charge in [0, 0.05) is 17.8 Å². The lowest BCUT2D eigenvalue weighted by molar-refractivity contribution is 0.207. The Morgan fingerprint density at radius 3 is 2.48 bits per heavy atom. The van der Waals surface area contributed by atoms with Crippen molar-refractivity contribution in [1.82, 2.24) is 4.90 Å². The van der Waals surface area contributed by atoms with Gasteiger partial charge in [0.25, 0.3) is 0 Å². The van der Waals surface area contributed by atoms with Crippen LogP contribution in [-0.4, -0.2) is 31.1 Å². The van der Waals surface area contributed by atoms with E-state index in [9.17, 15) is 4.79 Å². The highest BCUT2D eigenvalue weighted by molar-refractivity contribution is 6.30. The second kappa shape index (κ2) is 7.55. The summed E-state index contributed by atoms with van der Waals surface area (Å²) in [6, 6.07) is 16.3. The molecule has 21 heavy (non-hydrogen) atoms. The normalized spacial score (nSPS) is 10.0. The van der Waals surface area contributed by atoms with Crippen LogP contribution in [0.2, 0.25) is 5.02 Å². The van der Waals surface area contributed by atoms with Crippen LogP contribution in [0.1, 0.15) is 0 Å². The summed E-state index contributed by atoms with van der Waals surface area (Å²) in [6.45, 7) is 0.933. The number of nitrogens with zero attached hydrogens (tertiary/aromatic N) is 1. The molecular formula is C16H17ClN2O2. The van der Waals surface area contributed by atoms with Crippen LogP contribution in [0.5, 0.6) is 5.75 Å². The second-order valence-electron chi connectivity index (χ2n) is 4.52. The number of nitrogens with one attached hydrogen (secondary N) is 1. The highest BCUT2D eigenvalue weighted by Crippen LogP contribution is 2.13. The standard InChI is InChI=1S/C16H17ClN2O2/c1-19(11-12-21-15-5-3-2-4-6-15)16(20)18-14-9-7-13(17)8-10-14/h2-10H,11-12H2,1H3,(H,18,20). The number of ether oxygens (including phenoxy) is 1. The molecule has 2 rings (SSSR count). The van der Waals surface area contributed by atoms with E-state index >= 15 is 0 Å². The molecule has 0 unspecified atom stereocenters. The van der Waals surface area contributed by atoms with E-state index in [0.717, 1.165) is 5.75 Å². The Bertz CT molecular complexity index is 573. The number of benzene rings is 2. The Labute approximate surface area is 129 Å². The number of likely N-dealkylation sites (N-methyl/N-ethyl adjacent to an activating group) is 1. The number of amides is 2. The Morgan fingerprint density at radius 1 is 1.14 bits per heavy atom. The summed E-state index contributed by atoms with van der Waals surface area (Å²) in [6.07, 6.45) is 0. The van der Waals surface area contributed by atoms with Gasteiger partial charge in [-0.2, -0.15) is 0 Å². The summed E-state index contributed by atoms with van der Waals surface area (Å²) in [7, 11) is 1.72. The number of hydrogen-bond donors (Lipinski definition) is 1. The Morgan fingerprint density at radius 2 is 1.81 bits per heavy atom. The van der Waals surface area contributed by atoms with Crippen molar-refractivity contribution in [3.8, 4) is 5.75 Å². The fraction of sp³-hybridized carbons (Fsp3) is 0.188. The Balaban J connectivity index is 1.76. The molecule has 0 fully saturated rings. The fourth-order valence-electron chi connectivity index (χ4n) is 1.67. The smallest absolute Gasteiger partial charge is 0.321 e. The molecule has 0 aliphatic carbocycles. The maximum Gasteiger partial charge on any atom is 0.321 e. The number of carbonyl (C=O) groups excluding carboxylic acids is 1. The summed E-state index contributed by atoms with van der Waals surface area (Å²) >= 11 is 5.80. The largest absolute Gasteiger partial charge is 0.492 e. The molecule has 2 aromatic carbocycles. The lowest BCUT2D eigenvalue weighted by Gasteiger charge is -2.18. The lowest BCUT2D eigenvalue weighted by Crippen LogP contribution is -2.34. The van der Waals surface area contributed by atoms with Crippen molar-refractivity contribution in [3.05, 3.63) is 59.6 Å². The summed E-state index contributed by atoms with van der Waals surface area (Å²) in [4.78, 5) is 13.5. The average Bonchev–Trinajstić information content (AvgIpc) is 2.50. The topological polar surface area (TPSA) is 41.6 Å². The highest BCUT2D eigenvalue weighted by atomic mass is 35.5. The van der Waals surface area contributed by atoms with Gasteiger partial charge in [-0.05, 0) is 36.4 Å². The van der Waals surface area contributed by atoms with Crippen LogP contribution in [0.25, 0.3) is 0 Å². The number of halogens is 1. The van der Waals surface area contributed by atoms with Gasteiger partial charge in [-0.1, -0.05) is 29.8 Å². The van der Waals surface area contributed by atoms with Crippen LogP contribution in [0.3, 0.4) is 0 Å². The quantitative estimate of drug-likeness (QED) is 0.910. The van der Waals surface area contributed by atoms with Gasteiger partial charge in [-0.3, -0.25) is 0 Å². The molecule has 0 saturated carbocycles. The van der Waals surface area contributed by atoms with Crippen molar-refractivity contribution >= 4 is 23.3 Å². The van der Waals surface area contributed by atoms with Crippen LogP contribution in [0.4, 0.5) is 10.5 Å². The SMILES string of the molecule is CN(CCOc1ccccc1)C(=O)Nc1ccc(Cl)cc1. The molecule has 0 bridgehead atoms. The van der Waals surface area contributed by atoms with Gasteiger partial charge in [-0.15, -0.1) is 0 Å². The van der Waals surface area contributed by atoms with Crippen molar-refractivity contribution in [2.45, 2.75) is 0 Å². The number of carbonyl (C=O) groups is 1. The third kappa shape index (κ3) is 5.00. The average molecular weight is 305 g/mol. The van der Waals surface area contributed by atoms with E-state index in [2.05, 4.69) is 5.32 Å². The van der Waals surface area contributed by atoms with E-state index in [1.807, 2.05) is 30.3 Å². The molecule has 0 aliphatic heterocycles. The molecular weight excluding hydrogens is 288 g/mol. The van der Waals surface area contributed by atoms with Crippen LogP contribution in [-0.2, 0) is 0 Å². The van der Waals surface area contributed by atoms with Crippen molar-refractivity contribution in [1.29, 1.82) is 0 Å². The number of para-hydroxylation sites is 1. The van der Waals surface area contributed by atoms with E-state index in [1.54, 1.807) is 36.2 Å². The van der Waals surface area contributed by atoms with Gasteiger partial charge >= 0.3 is 6.03 Å². The predicted octanol–water partition coefficient (Wildman–Crippen LogP) is 3.88. The van der Waals surface area contributed by atoms with E-state index in [4.69, 9.17) is 16.3 Å². The minimum atomic E-state index is -0.186. The van der Waals surface area contributed by atoms with Gasteiger partial charge in [0.1, 0.15) is 12.4 Å². The van der Waals surface area contributed by atoms with Gasteiger partial charge in [0.15, 0.2) is 0 Å². The van der Waals surface area contributed by atoms with Crippen molar-refractivity contribution in [3.63, 3.8) is 0 Å². The number of hydrogen-bond acceptors (Lipinski definition) is 2. The zero-order chi connectivity index (χ0) is 15.1. The minimum absolute atomic E-state index is 0.186. The van der Waals surface area contributed by atoms with Gasteiger partial charge in [-0.25, -0.2) is 4.79 Å². The van der Waals surface area contributed by atoms with Gasteiger partial charge < -0.3 is 15.0 Å². The maximum atomic E-state index is 12.0. The first-order chi connectivity index (χ1) is 10.1. The number of anilines is 1. The first-order valence-electron chi connectivity index (χ1n) is 6.61. The zero-order valence-electron chi connectivity index (χ0n) is 11.8. The zero-order valence-corrected chi connectivity index (χ0v) is 12.5. The molecule has 0 aromatic heterocycles. The van der Waals surface area contributed by atoms with Crippen molar-refractivity contribution in [2.24, 2.45) is 0 Å². The lowest BCUT2D eigenvalue weighted by atomic mass is 10.3. The summed E-state index contributed by atoms with van der Waals surface area (Å²) in [5, 5.41) is 3.43.